The third kappa shape index (κ3) is 4.78. The Balaban J connectivity index is 1.34. The Bertz CT molecular complexity index is 2600. The van der Waals surface area contributed by atoms with Gasteiger partial charge in [0.2, 0.25) is 0 Å². The molecule has 9 rings (SSSR count). The summed E-state index contributed by atoms with van der Waals surface area (Å²) in [6, 6.07) is 64.9. The number of rotatable bonds is 4. The molecule has 0 fully saturated rings. The monoisotopic (exact) mass is 596 g/mol. The molecule has 220 valence electrons. The second-order valence-corrected chi connectivity index (χ2v) is 12.6. The van der Waals surface area contributed by atoms with Gasteiger partial charge in [0.1, 0.15) is 0 Å². The van der Waals surface area contributed by atoms with Crippen LogP contribution in [0.5, 0.6) is 0 Å². The molecule has 0 atom stereocenters. The van der Waals surface area contributed by atoms with E-state index in [4.69, 9.17) is 0 Å². The highest BCUT2D eigenvalue weighted by molar-refractivity contribution is 6.17. The van der Waals surface area contributed by atoms with Crippen LogP contribution in [0, 0.1) is 6.92 Å². The molecule has 0 saturated carbocycles. The first-order valence-corrected chi connectivity index (χ1v) is 16.3. The van der Waals surface area contributed by atoms with Gasteiger partial charge in [-0.2, -0.15) is 0 Å². The second-order valence-electron chi connectivity index (χ2n) is 12.6. The van der Waals surface area contributed by atoms with Gasteiger partial charge in [0.05, 0.1) is 0 Å². The van der Waals surface area contributed by atoms with Crippen molar-refractivity contribution in [3.05, 3.63) is 181 Å². The first-order valence-electron chi connectivity index (χ1n) is 16.3. The minimum absolute atomic E-state index is 1.22. The van der Waals surface area contributed by atoms with Crippen molar-refractivity contribution in [3.63, 3.8) is 0 Å². The molecule has 0 unspecified atom stereocenters. The Morgan fingerprint density at radius 2 is 0.851 bits per heavy atom. The van der Waals surface area contributed by atoms with Crippen molar-refractivity contribution in [2.24, 2.45) is 0 Å². The maximum absolute atomic E-state index is 2.43. The Kier molecular flexibility index (Phi) is 6.47. The average Bonchev–Trinajstić information content (AvgIpc) is 3.14. The maximum Gasteiger partial charge on any atom is -0.00926 e. The van der Waals surface area contributed by atoms with Crippen molar-refractivity contribution in [1.29, 1.82) is 0 Å². The van der Waals surface area contributed by atoms with Crippen molar-refractivity contribution in [2.45, 2.75) is 6.92 Å². The summed E-state index contributed by atoms with van der Waals surface area (Å²) in [5.41, 5.74) is 11.2. The van der Waals surface area contributed by atoms with Crippen molar-refractivity contribution in [1.82, 2.24) is 0 Å². The molecule has 47 heavy (non-hydrogen) atoms. The molecule has 9 aromatic rings. The lowest BCUT2D eigenvalue weighted by Crippen LogP contribution is -1.90. The molecule has 0 heterocycles. The molecule has 0 aliphatic heterocycles. The first-order chi connectivity index (χ1) is 23.2. The van der Waals surface area contributed by atoms with Gasteiger partial charge in [0, 0.05) is 0 Å². The van der Waals surface area contributed by atoms with E-state index in [1.807, 2.05) is 0 Å². The quantitative estimate of drug-likeness (QED) is 0.177. The summed E-state index contributed by atoms with van der Waals surface area (Å²) in [5.74, 6) is 0. The molecule has 0 aliphatic rings. The molecule has 0 bridgehead atoms. The van der Waals surface area contributed by atoms with E-state index in [2.05, 4.69) is 183 Å². The molecule has 0 N–H and O–H groups in total. The molecule has 0 spiro atoms. The molecule has 9 aromatic carbocycles. The largest absolute Gasteiger partial charge is 0.0622 e. The molecule has 0 amide bonds. The summed E-state index contributed by atoms with van der Waals surface area (Å²) < 4.78 is 0. The third-order valence-electron chi connectivity index (χ3n) is 9.70. The lowest BCUT2D eigenvalue weighted by Gasteiger charge is -2.17. The van der Waals surface area contributed by atoms with Crippen molar-refractivity contribution in [2.75, 3.05) is 0 Å². The van der Waals surface area contributed by atoms with Crippen LogP contribution in [-0.4, -0.2) is 0 Å². The summed E-state index contributed by atoms with van der Waals surface area (Å²) in [7, 11) is 0. The Hall–Kier alpha value is -5.98. The van der Waals surface area contributed by atoms with E-state index in [1.165, 1.54) is 93.2 Å². The van der Waals surface area contributed by atoms with Crippen molar-refractivity contribution >= 4 is 43.1 Å². The highest BCUT2D eigenvalue weighted by Gasteiger charge is 2.16. The number of hydrogen-bond donors (Lipinski definition) is 0. The van der Waals surface area contributed by atoms with E-state index in [0.29, 0.717) is 0 Å². The molecular formula is C47H32. The average molecular weight is 597 g/mol. The Morgan fingerprint density at radius 1 is 0.255 bits per heavy atom. The van der Waals surface area contributed by atoms with Crippen LogP contribution >= 0.6 is 0 Å². The number of aryl methyl sites for hydroxylation is 1. The van der Waals surface area contributed by atoms with Crippen LogP contribution in [0.15, 0.2) is 176 Å². The Morgan fingerprint density at radius 3 is 1.64 bits per heavy atom. The van der Waals surface area contributed by atoms with E-state index in [1.54, 1.807) is 0 Å². The number of hydrogen-bond acceptors (Lipinski definition) is 0. The minimum atomic E-state index is 1.22. The third-order valence-corrected chi connectivity index (χ3v) is 9.70. The van der Waals surface area contributed by atoms with Gasteiger partial charge in [-0.05, 0) is 125 Å². The van der Waals surface area contributed by atoms with Gasteiger partial charge >= 0.3 is 0 Å². The lowest BCUT2D eigenvalue weighted by atomic mass is 9.86. The maximum atomic E-state index is 2.43. The van der Waals surface area contributed by atoms with E-state index < -0.39 is 0 Å². The highest BCUT2D eigenvalue weighted by Crippen LogP contribution is 2.43. The zero-order valence-electron chi connectivity index (χ0n) is 26.2. The Labute approximate surface area is 275 Å². The van der Waals surface area contributed by atoms with Crippen LogP contribution in [0.1, 0.15) is 5.56 Å². The minimum Gasteiger partial charge on any atom is -0.0622 e. The molecule has 0 saturated heterocycles. The SMILES string of the molecule is Cc1ccc(-c2ccc3c(c2)cc(-c2cccc4ccccc24)c2cc(-c4cc5ccccc5cc4-c4ccccc4)ccc23)cc1. The molecule has 0 aromatic heterocycles. The fourth-order valence-corrected chi connectivity index (χ4v) is 7.27. The summed E-state index contributed by atoms with van der Waals surface area (Å²) in [6.07, 6.45) is 0. The fourth-order valence-electron chi connectivity index (χ4n) is 7.27. The van der Waals surface area contributed by atoms with Crippen LogP contribution in [0.4, 0.5) is 0 Å². The van der Waals surface area contributed by atoms with Crippen molar-refractivity contribution < 1.29 is 0 Å². The van der Waals surface area contributed by atoms with Gasteiger partial charge in [0.25, 0.3) is 0 Å². The molecule has 0 nitrogen and oxygen atoms in total. The number of benzene rings is 9. The van der Waals surface area contributed by atoms with Crippen LogP contribution in [-0.2, 0) is 0 Å². The molecular weight excluding hydrogens is 565 g/mol. The standard InChI is InChI=1S/C47H32/c1-31-18-20-32(21-19-31)37-22-24-41-39(26-37)30-47(42-17-9-15-33-12-7-8-16-40(33)42)46-29-38(23-25-43(41)46)45-28-36-14-6-5-13-35(36)27-44(45)34-10-3-2-4-11-34/h2-30H,1H3. The summed E-state index contributed by atoms with van der Waals surface area (Å²) >= 11 is 0. The van der Waals surface area contributed by atoms with E-state index in [0.717, 1.165) is 0 Å². The van der Waals surface area contributed by atoms with Gasteiger partial charge in [-0.15, -0.1) is 0 Å². The summed E-state index contributed by atoms with van der Waals surface area (Å²) in [6.45, 7) is 2.14. The lowest BCUT2D eigenvalue weighted by molar-refractivity contribution is 1.47. The van der Waals surface area contributed by atoms with Gasteiger partial charge in [-0.1, -0.05) is 151 Å². The van der Waals surface area contributed by atoms with E-state index in [9.17, 15) is 0 Å². The van der Waals surface area contributed by atoms with Crippen LogP contribution in [0.3, 0.4) is 0 Å². The van der Waals surface area contributed by atoms with Crippen LogP contribution < -0.4 is 0 Å². The van der Waals surface area contributed by atoms with Gasteiger partial charge in [-0.25, -0.2) is 0 Å². The zero-order valence-corrected chi connectivity index (χ0v) is 26.2. The highest BCUT2D eigenvalue weighted by atomic mass is 14.2. The summed E-state index contributed by atoms with van der Waals surface area (Å²) in [5, 5.41) is 10.1. The van der Waals surface area contributed by atoms with Crippen molar-refractivity contribution in [3.8, 4) is 44.5 Å². The van der Waals surface area contributed by atoms with E-state index in [-0.39, 0.29) is 0 Å². The van der Waals surface area contributed by atoms with Gasteiger partial charge in [-0.3, -0.25) is 0 Å². The van der Waals surface area contributed by atoms with Crippen LogP contribution in [0.2, 0.25) is 0 Å². The van der Waals surface area contributed by atoms with Gasteiger partial charge < -0.3 is 0 Å². The normalized spacial score (nSPS) is 11.5. The zero-order chi connectivity index (χ0) is 31.3. The topological polar surface area (TPSA) is 0 Å². The molecule has 0 heteroatoms. The number of fused-ring (bicyclic) bond motifs is 5. The first kappa shape index (κ1) is 27.3. The molecule has 0 aliphatic carbocycles. The predicted molar refractivity (Wildman–Crippen MR) is 203 cm³/mol. The van der Waals surface area contributed by atoms with E-state index >= 15 is 0 Å². The molecule has 0 radical (unpaired) electrons. The van der Waals surface area contributed by atoms with Gasteiger partial charge in [0.15, 0.2) is 0 Å². The predicted octanol–water partition coefficient (Wildman–Crippen LogP) is 13.3. The fraction of sp³-hybridized carbons (Fsp3) is 0.0213. The second kappa shape index (κ2) is 11.1. The van der Waals surface area contributed by atoms with Crippen LogP contribution in [0.25, 0.3) is 87.6 Å². The summed E-state index contributed by atoms with van der Waals surface area (Å²) in [4.78, 5) is 0. The smallest absolute Gasteiger partial charge is 0.00926 e.